The number of carbonyl (C=O) groups excluding carboxylic acids is 2. The molecule has 30 heavy (non-hydrogen) atoms. The molecule has 4 rings (SSSR count). The molecule has 0 bridgehead atoms. The first-order chi connectivity index (χ1) is 14.6. The van der Waals surface area contributed by atoms with E-state index in [1.165, 1.54) is 28.7 Å². The molecule has 0 unspecified atom stereocenters. The standard InChI is InChI=1S/C22H18N4O2S2/c1-14-6-5-9-17-20(14)26-22(30-17)25-19(28)12-16-13-29-21(23-16)24-18(27)11-10-15-7-3-2-4-8-15/h2-11,13H,12H2,1H3,(H,23,24,27)(H,25,26,28)/b11-10+. The van der Waals surface area contributed by atoms with Gasteiger partial charge in [-0.1, -0.05) is 53.8 Å². The van der Waals surface area contributed by atoms with Crippen molar-refractivity contribution >= 4 is 61.0 Å². The molecule has 2 heterocycles. The molecule has 0 saturated carbocycles. The van der Waals surface area contributed by atoms with Crippen LogP contribution in [0.2, 0.25) is 0 Å². The number of fused-ring (bicyclic) bond motifs is 1. The van der Waals surface area contributed by atoms with E-state index >= 15 is 0 Å². The van der Waals surface area contributed by atoms with Crippen LogP contribution in [0, 0.1) is 6.92 Å². The lowest BCUT2D eigenvalue weighted by Crippen LogP contribution is -2.14. The van der Waals surface area contributed by atoms with E-state index in [-0.39, 0.29) is 18.2 Å². The maximum atomic E-state index is 12.4. The molecule has 0 spiro atoms. The van der Waals surface area contributed by atoms with Gasteiger partial charge in [0.25, 0.3) is 0 Å². The molecular formula is C22H18N4O2S2. The van der Waals surface area contributed by atoms with Gasteiger partial charge in [-0.25, -0.2) is 9.97 Å². The molecule has 2 aromatic heterocycles. The SMILES string of the molecule is Cc1cccc2sc(NC(=O)Cc3csc(NC(=O)/C=C/c4ccccc4)n3)nc12. The van der Waals surface area contributed by atoms with Gasteiger partial charge in [0.1, 0.15) is 0 Å². The van der Waals surface area contributed by atoms with Gasteiger partial charge < -0.3 is 5.32 Å². The summed E-state index contributed by atoms with van der Waals surface area (Å²) < 4.78 is 1.03. The Morgan fingerprint density at radius 2 is 1.83 bits per heavy atom. The number of thiazole rings is 2. The lowest BCUT2D eigenvalue weighted by atomic mass is 10.2. The van der Waals surface area contributed by atoms with Crippen molar-refractivity contribution in [1.82, 2.24) is 9.97 Å². The number of aryl methyl sites for hydroxylation is 1. The van der Waals surface area contributed by atoms with Crippen molar-refractivity contribution < 1.29 is 9.59 Å². The van der Waals surface area contributed by atoms with Gasteiger partial charge in [-0.2, -0.15) is 0 Å². The van der Waals surface area contributed by atoms with Crippen LogP contribution in [0.4, 0.5) is 10.3 Å². The first kappa shape index (κ1) is 19.9. The Bertz CT molecular complexity index is 1230. The molecular weight excluding hydrogens is 416 g/mol. The van der Waals surface area contributed by atoms with Crippen molar-refractivity contribution in [3.8, 4) is 0 Å². The number of hydrogen-bond acceptors (Lipinski definition) is 6. The molecule has 4 aromatic rings. The second kappa shape index (κ2) is 8.98. The van der Waals surface area contributed by atoms with E-state index in [2.05, 4.69) is 20.6 Å². The van der Waals surface area contributed by atoms with E-state index in [0.29, 0.717) is 16.0 Å². The second-order valence-electron chi connectivity index (χ2n) is 6.54. The molecule has 0 aliphatic carbocycles. The number of amides is 2. The Morgan fingerprint density at radius 3 is 2.63 bits per heavy atom. The normalized spacial score (nSPS) is 11.1. The van der Waals surface area contributed by atoms with E-state index in [4.69, 9.17) is 0 Å². The fraction of sp³-hybridized carbons (Fsp3) is 0.0909. The quantitative estimate of drug-likeness (QED) is 0.423. The van der Waals surface area contributed by atoms with Gasteiger partial charge in [-0.15, -0.1) is 11.3 Å². The molecule has 2 amide bonds. The first-order valence-corrected chi connectivity index (χ1v) is 10.9. The third kappa shape index (κ3) is 4.97. The molecule has 0 aliphatic rings. The van der Waals surface area contributed by atoms with Gasteiger partial charge >= 0.3 is 0 Å². The van der Waals surface area contributed by atoms with Gasteiger partial charge in [0, 0.05) is 11.5 Å². The number of aromatic nitrogens is 2. The van der Waals surface area contributed by atoms with Crippen molar-refractivity contribution in [3.63, 3.8) is 0 Å². The van der Waals surface area contributed by atoms with E-state index < -0.39 is 0 Å². The van der Waals surface area contributed by atoms with E-state index in [9.17, 15) is 9.59 Å². The molecule has 8 heteroatoms. The zero-order valence-corrected chi connectivity index (χ0v) is 17.7. The highest BCUT2D eigenvalue weighted by Gasteiger charge is 2.12. The van der Waals surface area contributed by atoms with Crippen LogP contribution in [0.5, 0.6) is 0 Å². The number of benzene rings is 2. The summed E-state index contributed by atoms with van der Waals surface area (Å²) in [5.41, 5.74) is 3.51. The molecule has 6 nitrogen and oxygen atoms in total. The van der Waals surface area contributed by atoms with Gasteiger partial charge in [0.05, 0.1) is 22.3 Å². The molecule has 0 aliphatic heterocycles. The Labute approximate surface area is 181 Å². The minimum absolute atomic E-state index is 0.112. The topological polar surface area (TPSA) is 84.0 Å². The van der Waals surface area contributed by atoms with Crippen LogP contribution >= 0.6 is 22.7 Å². The predicted molar refractivity (Wildman–Crippen MR) is 123 cm³/mol. The number of rotatable bonds is 6. The zero-order chi connectivity index (χ0) is 20.9. The Morgan fingerprint density at radius 1 is 1.00 bits per heavy atom. The number of carbonyl (C=O) groups is 2. The minimum Gasteiger partial charge on any atom is -0.302 e. The average Bonchev–Trinajstić information content (AvgIpc) is 3.34. The third-order valence-corrected chi connectivity index (χ3v) is 5.96. The molecule has 2 aromatic carbocycles. The summed E-state index contributed by atoms with van der Waals surface area (Å²) in [6, 6.07) is 15.5. The van der Waals surface area contributed by atoms with Crippen LogP contribution < -0.4 is 10.6 Å². The van der Waals surface area contributed by atoms with Crippen LogP contribution in [-0.4, -0.2) is 21.8 Å². The fourth-order valence-electron chi connectivity index (χ4n) is 2.80. The largest absolute Gasteiger partial charge is 0.302 e. The lowest BCUT2D eigenvalue weighted by Gasteiger charge is -1.99. The maximum Gasteiger partial charge on any atom is 0.250 e. The predicted octanol–water partition coefficient (Wildman–Crippen LogP) is 4.89. The number of nitrogens with one attached hydrogen (secondary N) is 2. The summed E-state index contributed by atoms with van der Waals surface area (Å²) >= 11 is 2.73. The van der Waals surface area contributed by atoms with Crippen LogP contribution in [0.25, 0.3) is 16.3 Å². The number of anilines is 2. The third-order valence-electron chi connectivity index (χ3n) is 4.22. The number of hydrogen-bond donors (Lipinski definition) is 2. The molecule has 0 atom stereocenters. The smallest absolute Gasteiger partial charge is 0.250 e. The highest BCUT2D eigenvalue weighted by atomic mass is 32.1. The molecule has 2 N–H and O–H groups in total. The summed E-state index contributed by atoms with van der Waals surface area (Å²) in [4.78, 5) is 33.2. The van der Waals surface area contributed by atoms with Crippen LogP contribution in [-0.2, 0) is 16.0 Å². The number of para-hydroxylation sites is 1. The van der Waals surface area contributed by atoms with E-state index in [1.54, 1.807) is 11.5 Å². The monoisotopic (exact) mass is 434 g/mol. The Balaban J connectivity index is 1.33. The van der Waals surface area contributed by atoms with Crippen LogP contribution in [0.1, 0.15) is 16.8 Å². The van der Waals surface area contributed by atoms with Crippen LogP contribution in [0.3, 0.4) is 0 Å². The lowest BCUT2D eigenvalue weighted by molar-refractivity contribution is -0.115. The van der Waals surface area contributed by atoms with Crippen LogP contribution in [0.15, 0.2) is 60.0 Å². The van der Waals surface area contributed by atoms with Crippen molar-refractivity contribution in [1.29, 1.82) is 0 Å². The van der Waals surface area contributed by atoms with Crippen molar-refractivity contribution in [2.24, 2.45) is 0 Å². The first-order valence-electron chi connectivity index (χ1n) is 9.21. The summed E-state index contributed by atoms with van der Waals surface area (Å²) in [6.07, 6.45) is 3.30. The van der Waals surface area contributed by atoms with Crippen molar-refractivity contribution in [3.05, 3.63) is 76.8 Å². The Kier molecular flexibility index (Phi) is 5.97. The zero-order valence-electron chi connectivity index (χ0n) is 16.1. The molecule has 0 saturated heterocycles. The number of nitrogens with zero attached hydrogens (tertiary/aromatic N) is 2. The summed E-state index contributed by atoms with van der Waals surface area (Å²) in [7, 11) is 0. The maximum absolute atomic E-state index is 12.4. The highest BCUT2D eigenvalue weighted by Crippen LogP contribution is 2.28. The van der Waals surface area contributed by atoms with Gasteiger partial charge in [-0.3, -0.25) is 14.9 Å². The van der Waals surface area contributed by atoms with Gasteiger partial charge in [-0.05, 0) is 30.2 Å². The van der Waals surface area contributed by atoms with Gasteiger partial charge in [0.15, 0.2) is 10.3 Å². The van der Waals surface area contributed by atoms with Crippen molar-refractivity contribution in [2.75, 3.05) is 10.6 Å². The van der Waals surface area contributed by atoms with Gasteiger partial charge in [0.2, 0.25) is 11.8 Å². The minimum atomic E-state index is -0.269. The summed E-state index contributed by atoms with van der Waals surface area (Å²) in [5.74, 6) is -0.465. The Hall–Kier alpha value is -3.36. The highest BCUT2D eigenvalue weighted by molar-refractivity contribution is 7.22. The van der Waals surface area contributed by atoms with E-state index in [1.807, 2.05) is 55.5 Å². The molecule has 0 radical (unpaired) electrons. The summed E-state index contributed by atoms with van der Waals surface area (Å²) in [6.45, 7) is 1.99. The summed E-state index contributed by atoms with van der Waals surface area (Å²) in [5, 5.41) is 8.34. The average molecular weight is 435 g/mol. The fourth-order valence-corrected chi connectivity index (χ4v) is 4.47. The van der Waals surface area contributed by atoms with Crippen molar-refractivity contribution in [2.45, 2.75) is 13.3 Å². The molecule has 150 valence electrons. The molecule has 0 fully saturated rings. The second-order valence-corrected chi connectivity index (χ2v) is 8.43. The van der Waals surface area contributed by atoms with E-state index in [0.717, 1.165) is 21.3 Å².